The molecule has 0 radical (unpaired) electrons. The summed E-state index contributed by atoms with van der Waals surface area (Å²) < 4.78 is 0. The van der Waals surface area contributed by atoms with Gasteiger partial charge >= 0.3 is 0 Å². The first-order chi connectivity index (χ1) is 6.42. The molecule has 1 fully saturated rings. The van der Waals surface area contributed by atoms with Gasteiger partial charge in [-0.15, -0.1) is 11.6 Å². The summed E-state index contributed by atoms with van der Waals surface area (Å²) in [6.07, 6.45) is 5.74. The van der Waals surface area contributed by atoms with E-state index in [9.17, 15) is 0 Å². The fourth-order valence-corrected chi connectivity index (χ4v) is 2.07. The molecule has 1 aliphatic heterocycles. The summed E-state index contributed by atoms with van der Waals surface area (Å²) in [7, 11) is 0. The van der Waals surface area contributed by atoms with Gasteiger partial charge in [-0.2, -0.15) is 0 Å². The highest BCUT2D eigenvalue weighted by Gasteiger charge is 2.24. The summed E-state index contributed by atoms with van der Waals surface area (Å²) in [5, 5.41) is 0. The zero-order valence-electron chi connectivity index (χ0n) is 7.36. The lowest BCUT2D eigenvalue weighted by Crippen LogP contribution is -2.31. The van der Waals surface area contributed by atoms with Crippen LogP contribution in [0.2, 0.25) is 0 Å². The molecule has 0 aliphatic carbocycles. The van der Waals surface area contributed by atoms with Crippen molar-refractivity contribution >= 4 is 17.4 Å². The predicted octanol–water partition coefficient (Wildman–Crippen LogP) is 1.68. The second-order valence-corrected chi connectivity index (χ2v) is 3.52. The van der Waals surface area contributed by atoms with E-state index in [1.54, 1.807) is 12.5 Å². The summed E-state index contributed by atoms with van der Waals surface area (Å²) in [6, 6.07) is 2.39. The Morgan fingerprint density at radius 1 is 1.62 bits per heavy atom. The maximum Gasteiger partial charge on any atom is 0.132 e. The first-order valence-electron chi connectivity index (χ1n) is 4.50. The summed E-state index contributed by atoms with van der Waals surface area (Å²) in [5.41, 5.74) is 0. The molecule has 4 heteroatoms. The van der Waals surface area contributed by atoms with E-state index in [0.717, 1.165) is 12.4 Å². The second kappa shape index (κ2) is 3.92. The smallest absolute Gasteiger partial charge is 0.132 e. The number of nitrogens with zero attached hydrogens (tertiary/aromatic N) is 3. The van der Waals surface area contributed by atoms with Crippen molar-refractivity contribution in [2.24, 2.45) is 0 Å². The summed E-state index contributed by atoms with van der Waals surface area (Å²) >= 11 is 5.87. The lowest BCUT2D eigenvalue weighted by molar-refractivity contribution is 0.732. The standard InChI is InChI=1S/C9H12ClN3/c10-6-8-2-1-5-13(8)9-3-4-11-7-12-9/h3-4,7-8H,1-2,5-6H2. The van der Waals surface area contributed by atoms with Gasteiger partial charge in [0.15, 0.2) is 0 Å². The van der Waals surface area contributed by atoms with Crippen LogP contribution in [-0.2, 0) is 0 Å². The zero-order chi connectivity index (χ0) is 9.10. The van der Waals surface area contributed by atoms with Crippen LogP contribution in [-0.4, -0.2) is 28.4 Å². The zero-order valence-corrected chi connectivity index (χ0v) is 8.11. The van der Waals surface area contributed by atoms with Gasteiger partial charge in [0.2, 0.25) is 0 Å². The molecule has 1 saturated heterocycles. The molecular weight excluding hydrogens is 186 g/mol. The molecule has 0 bridgehead atoms. The molecule has 0 aromatic carbocycles. The minimum Gasteiger partial charge on any atom is -0.352 e. The van der Waals surface area contributed by atoms with Crippen LogP contribution in [0.25, 0.3) is 0 Å². The van der Waals surface area contributed by atoms with Gasteiger partial charge in [-0.3, -0.25) is 0 Å². The molecule has 1 atom stereocenters. The third-order valence-corrected chi connectivity index (χ3v) is 2.77. The molecule has 0 saturated carbocycles. The van der Waals surface area contributed by atoms with E-state index >= 15 is 0 Å². The first kappa shape index (κ1) is 8.75. The van der Waals surface area contributed by atoms with Crippen LogP contribution >= 0.6 is 11.6 Å². The van der Waals surface area contributed by atoms with E-state index in [4.69, 9.17) is 11.6 Å². The summed E-state index contributed by atoms with van der Waals surface area (Å²) in [4.78, 5) is 10.4. The average molecular weight is 198 g/mol. The number of alkyl halides is 1. The molecule has 13 heavy (non-hydrogen) atoms. The van der Waals surface area contributed by atoms with Crippen molar-refractivity contribution in [2.45, 2.75) is 18.9 Å². The van der Waals surface area contributed by atoms with Crippen LogP contribution in [0.15, 0.2) is 18.6 Å². The highest BCUT2D eigenvalue weighted by Crippen LogP contribution is 2.23. The monoisotopic (exact) mass is 197 g/mol. The Hall–Kier alpha value is -0.830. The topological polar surface area (TPSA) is 29.0 Å². The van der Waals surface area contributed by atoms with E-state index in [0.29, 0.717) is 11.9 Å². The van der Waals surface area contributed by atoms with Gasteiger partial charge in [0.25, 0.3) is 0 Å². The van der Waals surface area contributed by atoms with E-state index in [1.165, 1.54) is 12.8 Å². The molecule has 3 nitrogen and oxygen atoms in total. The lowest BCUT2D eigenvalue weighted by atomic mass is 10.2. The van der Waals surface area contributed by atoms with Gasteiger partial charge < -0.3 is 4.90 Å². The average Bonchev–Trinajstić information content (AvgIpc) is 2.67. The van der Waals surface area contributed by atoms with Crippen LogP contribution in [0.4, 0.5) is 5.82 Å². The molecule has 1 unspecified atom stereocenters. The SMILES string of the molecule is ClCC1CCCN1c1ccncn1. The minimum absolute atomic E-state index is 0.455. The largest absolute Gasteiger partial charge is 0.352 e. The van der Waals surface area contributed by atoms with Crippen molar-refractivity contribution < 1.29 is 0 Å². The Balaban J connectivity index is 2.16. The van der Waals surface area contributed by atoms with Gasteiger partial charge in [-0.1, -0.05) is 0 Å². The molecule has 1 aromatic rings. The third kappa shape index (κ3) is 1.75. The minimum atomic E-state index is 0.455. The van der Waals surface area contributed by atoms with Crippen LogP contribution in [0, 0.1) is 0 Å². The Bertz CT molecular complexity index is 265. The molecule has 2 rings (SSSR count). The van der Waals surface area contributed by atoms with E-state index in [-0.39, 0.29) is 0 Å². The van der Waals surface area contributed by atoms with Crippen LogP contribution in [0.1, 0.15) is 12.8 Å². The fourth-order valence-electron chi connectivity index (χ4n) is 1.75. The molecular formula is C9H12ClN3. The van der Waals surface area contributed by atoms with Crippen LogP contribution < -0.4 is 4.90 Å². The maximum absolute atomic E-state index is 5.87. The lowest BCUT2D eigenvalue weighted by Gasteiger charge is -2.23. The van der Waals surface area contributed by atoms with Crippen molar-refractivity contribution in [3.63, 3.8) is 0 Å². The second-order valence-electron chi connectivity index (χ2n) is 3.21. The van der Waals surface area contributed by atoms with Crippen molar-refractivity contribution in [2.75, 3.05) is 17.3 Å². The first-order valence-corrected chi connectivity index (χ1v) is 5.04. The maximum atomic E-state index is 5.87. The predicted molar refractivity (Wildman–Crippen MR) is 53.1 cm³/mol. The number of anilines is 1. The quantitative estimate of drug-likeness (QED) is 0.676. The summed E-state index contributed by atoms with van der Waals surface area (Å²) in [6.45, 7) is 1.06. The number of rotatable bonds is 2. The third-order valence-electron chi connectivity index (χ3n) is 2.42. The van der Waals surface area contributed by atoms with E-state index in [2.05, 4.69) is 14.9 Å². The number of hydrogen-bond donors (Lipinski definition) is 0. The molecule has 0 N–H and O–H groups in total. The number of aromatic nitrogens is 2. The molecule has 1 aromatic heterocycles. The van der Waals surface area contributed by atoms with Crippen molar-refractivity contribution in [3.8, 4) is 0 Å². The fraction of sp³-hybridized carbons (Fsp3) is 0.556. The van der Waals surface area contributed by atoms with Gasteiger partial charge in [0.1, 0.15) is 12.1 Å². The number of hydrogen-bond acceptors (Lipinski definition) is 3. The van der Waals surface area contributed by atoms with E-state index < -0.39 is 0 Å². The van der Waals surface area contributed by atoms with Crippen molar-refractivity contribution in [1.82, 2.24) is 9.97 Å². The molecule has 1 aliphatic rings. The highest BCUT2D eigenvalue weighted by molar-refractivity contribution is 6.18. The Morgan fingerprint density at radius 3 is 3.23 bits per heavy atom. The Kier molecular flexibility index (Phi) is 2.64. The van der Waals surface area contributed by atoms with Crippen LogP contribution in [0.3, 0.4) is 0 Å². The van der Waals surface area contributed by atoms with Gasteiger partial charge in [-0.25, -0.2) is 9.97 Å². The van der Waals surface area contributed by atoms with Gasteiger partial charge in [-0.05, 0) is 18.9 Å². The Morgan fingerprint density at radius 2 is 2.54 bits per heavy atom. The molecule has 0 amide bonds. The van der Waals surface area contributed by atoms with Gasteiger partial charge in [0.05, 0.1) is 0 Å². The molecule has 0 spiro atoms. The van der Waals surface area contributed by atoms with Crippen LogP contribution in [0.5, 0.6) is 0 Å². The Labute approximate surface area is 82.8 Å². The summed E-state index contributed by atoms with van der Waals surface area (Å²) in [5.74, 6) is 1.68. The highest BCUT2D eigenvalue weighted by atomic mass is 35.5. The van der Waals surface area contributed by atoms with Crippen molar-refractivity contribution in [3.05, 3.63) is 18.6 Å². The van der Waals surface area contributed by atoms with Crippen molar-refractivity contribution in [1.29, 1.82) is 0 Å². The molecule has 2 heterocycles. The number of halogens is 1. The van der Waals surface area contributed by atoms with E-state index in [1.807, 2.05) is 6.07 Å². The normalized spacial score (nSPS) is 22.2. The van der Waals surface area contributed by atoms with Gasteiger partial charge in [0, 0.05) is 24.7 Å². The molecule has 70 valence electrons.